The van der Waals surface area contributed by atoms with E-state index in [1.165, 1.54) is 50.6 Å². The summed E-state index contributed by atoms with van der Waals surface area (Å²) in [6.07, 6.45) is 24.8. The summed E-state index contributed by atoms with van der Waals surface area (Å²) in [5.41, 5.74) is 12.1. The molecule has 0 bridgehead atoms. The van der Waals surface area contributed by atoms with Crippen molar-refractivity contribution in [3.8, 4) is 0 Å². The molecule has 1 heterocycles. The maximum absolute atomic E-state index is 7.37. The quantitative estimate of drug-likeness (QED) is 0.180. The van der Waals surface area contributed by atoms with Crippen LogP contribution in [-0.2, 0) is 11.9 Å². The van der Waals surface area contributed by atoms with Crippen molar-refractivity contribution in [2.45, 2.75) is 147 Å². The van der Waals surface area contributed by atoms with Crippen LogP contribution in [0.4, 0.5) is 11.4 Å². The summed E-state index contributed by atoms with van der Waals surface area (Å²) in [5, 5.41) is 0. The molecule has 1 aliphatic heterocycles. The van der Waals surface area contributed by atoms with E-state index in [1.54, 1.807) is 96.3 Å². The molecular weight excluding hydrogens is 771 g/mol. The third-order valence-corrected chi connectivity index (χ3v) is 22.0. The summed E-state index contributed by atoms with van der Waals surface area (Å²) in [5.74, 6) is 0. The molecule has 0 unspecified atom stereocenters. The van der Waals surface area contributed by atoms with Crippen LogP contribution in [0.1, 0.15) is 131 Å². The summed E-state index contributed by atoms with van der Waals surface area (Å²) in [7, 11) is 14.7. The molecule has 0 radical (unpaired) electrons. The fourth-order valence-electron chi connectivity index (χ4n) is 9.64. The molecule has 0 spiro atoms. The normalized spacial score (nSPS) is 20.3. The molecule has 6 heteroatoms. The number of hydrogen-bond acceptors (Lipinski definition) is 2. The van der Waals surface area contributed by atoms with Gasteiger partial charge in [0.1, 0.15) is 0 Å². The third kappa shape index (κ3) is 10.2. The molecule has 3 aromatic carbocycles. The van der Waals surface area contributed by atoms with Crippen LogP contribution in [0.2, 0.25) is 0 Å². The molecule has 4 fully saturated rings. The van der Waals surface area contributed by atoms with Crippen molar-refractivity contribution in [1.82, 2.24) is 0 Å². The van der Waals surface area contributed by atoms with Crippen LogP contribution in [0.3, 0.4) is 0 Å². The second-order valence-electron chi connectivity index (χ2n) is 16.0. The predicted octanol–water partition coefficient (Wildman–Crippen LogP) is 13.2. The van der Waals surface area contributed by atoms with Crippen LogP contribution < -0.4 is 9.80 Å². The molecule has 0 amide bonds. The van der Waals surface area contributed by atoms with E-state index in [1.807, 2.05) is 18.2 Å². The van der Waals surface area contributed by atoms with Gasteiger partial charge in [0, 0.05) is 7.92 Å². The Bertz CT molecular complexity index is 1580. The second kappa shape index (κ2) is 18.8. The number of aryl methyl sites for hydroxylation is 4. The first-order valence-electron chi connectivity index (χ1n) is 20.2. The van der Waals surface area contributed by atoms with Gasteiger partial charge in [0.2, 0.25) is 0 Å². The van der Waals surface area contributed by atoms with Gasteiger partial charge in [0.15, 0.2) is 0 Å². The van der Waals surface area contributed by atoms with Crippen molar-refractivity contribution in [2.75, 3.05) is 22.9 Å². The Hall–Kier alpha value is -1.37. The third-order valence-electron chi connectivity index (χ3n) is 12.0. The Morgan fingerprint density at radius 3 is 1.35 bits per heavy atom. The van der Waals surface area contributed by atoms with E-state index < -0.39 is 11.9 Å². The van der Waals surface area contributed by atoms with Gasteiger partial charge in [0.25, 0.3) is 0 Å². The molecule has 4 aliphatic rings. The topological polar surface area (TPSA) is 6.48 Å². The monoisotopic (exact) mass is 835 g/mol. The first-order valence-corrected chi connectivity index (χ1v) is 28.2. The number of benzene rings is 3. The zero-order valence-corrected chi connectivity index (χ0v) is 36.1. The first kappa shape index (κ1) is 39.3. The van der Waals surface area contributed by atoms with Gasteiger partial charge in [-0.05, 0) is 77.0 Å². The Balaban J connectivity index is 0.000000200. The van der Waals surface area contributed by atoms with Crippen molar-refractivity contribution >= 4 is 47.6 Å². The molecule has 0 atom stereocenters. The van der Waals surface area contributed by atoms with Gasteiger partial charge in [0.05, 0.1) is 17.0 Å². The van der Waals surface area contributed by atoms with Crippen LogP contribution in [0, 0.1) is 27.7 Å². The van der Waals surface area contributed by atoms with Crippen LogP contribution in [0.5, 0.6) is 0 Å². The molecule has 3 saturated carbocycles. The van der Waals surface area contributed by atoms with Crippen molar-refractivity contribution in [3.05, 3.63) is 94.5 Å². The summed E-state index contributed by atoms with van der Waals surface area (Å²) in [6, 6.07) is 23.5. The summed E-state index contributed by atoms with van der Waals surface area (Å²) in [4.78, 5) is 4.76. The van der Waals surface area contributed by atoms with E-state index >= 15 is 0 Å². The molecule has 3 aromatic rings. The molecule has 280 valence electrons. The van der Waals surface area contributed by atoms with Gasteiger partial charge in [-0.2, -0.15) is 0 Å². The molecule has 0 aromatic heterocycles. The summed E-state index contributed by atoms with van der Waals surface area (Å²) in [6.45, 7) is 10.4. The van der Waals surface area contributed by atoms with Crippen LogP contribution in [0.15, 0.2) is 66.7 Å². The number of nitrogens with zero attached hydrogens (tertiary/aromatic N) is 2. The fourth-order valence-corrected chi connectivity index (χ4v) is 21.0. The summed E-state index contributed by atoms with van der Waals surface area (Å²) < 4.78 is 3.17. The average Bonchev–Trinajstić information content (AvgIpc) is 3.13. The van der Waals surface area contributed by atoms with Crippen molar-refractivity contribution in [1.29, 1.82) is 0 Å². The van der Waals surface area contributed by atoms with Crippen molar-refractivity contribution < 1.29 is 11.9 Å². The number of anilines is 2. The van der Waals surface area contributed by atoms with E-state index in [2.05, 4.69) is 90.6 Å². The Morgan fingerprint density at radius 1 is 0.549 bits per heavy atom. The first-order chi connectivity index (χ1) is 24.7. The van der Waals surface area contributed by atoms with Gasteiger partial charge < -0.3 is 0 Å². The number of rotatable bonds is 6. The fraction of sp³-hybridized carbons (Fsp3) is 0.556. The standard InChI is InChI=1S/C20H24N2.C18H33P.C7H6.2ClH.Ru/c1-15-6-8-19(17(3)12-15)21-10-5-11-22(14-21)20-9-7-16(2)13-18(20)4;1-4-10-16(11-5-1)19(17-12-6-2-7-13-17)18-14-8-3-9-15-18;1-7-5-3-2-4-6-7;;;/h6-9,12-13H,5,10-11H2,1-4H3;16-18H,1-15H2;1-6H;2*1H;/q;;;;;+2/p-1. The summed E-state index contributed by atoms with van der Waals surface area (Å²) >= 11 is -3.43. The van der Waals surface area contributed by atoms with Crippen molar-refractivity contribution in [2.24, 2.45) is 0 Å². The minimum atomic E-state index is -3.43. The SMILES string of the molecule is C1CCC([PH+](C2CCCCC2)C2CCCCC2)CC1.Cc1ccc(N2CCCN(c3ccc(C)cc3C)[C]2=[Ru]([Cl])([Cl])=[CH]c2ccccc2)c(C)c1. The van der Waals surface area contributed by atoms with Crippen LogP contribution in [0.25, 0.3) is 0 Å². The Morgan fingerprint density at radius 2 is 0.961 bits per heavy atom. The van der Waals surface area contributed by atoms with E-state index in [-0.39, 0.29) is 7.92 Å². The molecular formula is C45H64Cl2N2PRu+. The van der Waals surface area contributed by atoms with E-state index in [0.29, 0.717) is 0 Å². The van der Waals surface area contributed by atoms with Gasteiger partial charge in [-0.1, -0.05) is 19.3 Å². The Labute approximate surface area is 322 Å². The van der Waals surface area contributed by atoms with Gasteiger partial charge in [-0.25, -0.2) is 0 Å². The van der Waals surface area contributed by atoms with E-state index in [9.17, 15) is 0 Å². The van der Waals surface area contributed by atoms with Crippen molar-refractivity contribution in [3.63, 3.8) is 0 Å². The second-order valence-corrected chi connectivity index (χ2v) is 28.6. The Kier molecular flexibility index (Phi) is 14.5. The molecule has 7 rings (SSSR count). The number of hydrogen-bond donors (Lipinski definition) is 0. The van der Waals surface area contributed by atoms with E-state index in [0.717, 1.165) is 29.4 Å². The van der Waals surface area contributed by atoms with Gasteiger partial charge in [-0.15, -0.1) is 0 Å². The molecule has 2 nitrogen and oxygen atoms in total. The molecule has 51 heavy (non-hydrogen) atoms. The van der Waals surface area contributed by atoms with Gasteiger partial charge in [-0.3, -0.25) is 0 Å². The van der Waals surface area contributed by atoms with E-state index in [4.69, 9.17) is 19.4 Å². The predicted molar refractivity (Wildman–Crippen MR) is 228 cm³/mol. The zero-order chi connectivity index (χ0) is 35.8. The average molecular weight is 836 g/mol. The van der Waals surface area contributed by atoms with Gasteiger partial charge >= 0.3 is 203 Å². The number of halogens is 2. The molecule has 3 aliphatic carbocycles. The molecule has 0 N–H and O–H groups in total. The zero-order valence-electron chi connectivity index (χ0n) is 31.9. The maximum atomic E-state index is 7.37. The molecule has 1 saturated heterocycles. The van der Waals surface area contributed by atoms with Crippen LogP contribution >= 0.6 is 27.3 Å². The van der Waals surface area contributed by atoms with Crippen LogP contribution in [-0.4, -0.2) is 39.0 Å². The minimum absolute atomic E-state index is 0.0465.